The Bertz CT molecular complexity index is 948. The zero-order valence-corrected chi connectivity index (χ0v) is 12.0. The standard InChI is InChI=1S/C14H9ClFN3O3/c1-22-13(21)9-6-8(2-3-10(9)15)19-12(20)7-11(16)18-5-4-17-14(18)19/h2-7H,1H3. The molecule has 0 atom stereocenters. The molecule has 22 heavy (non-hydrogen) atoms. The summed E-state index contributed by atoms with van der Waals surface area (Å²) in [7, 11) is 1.22. The summed E-state index contributed by atoms with van der Waals surface area (Å²) in [5.74, 6) is -1.28. The Morgan fingerprint density at radius 3 is 2.86 bits per heavy atom. The van der Waals surface area contributed by atoms with Crippen molar-refractivity contribution >= 4 is 23.3 Å². The highest BCUT2D eigenvalue weighted by atomic mass is 35.5. The summed E-state index contributed by atoms with van der Waals surface area (Å²) >= 11 is 5.95. The average Bonchev–Trinajstić information content (AvgIpc) is 2.97. The molecule has 0 bridgehead atoms. The van der Waals surface area contributed by atoms with E-state index < -0.39 is 17.5 Å². The normalized spacial score (nSPS) is 10.9. The SMILES string of the molecule is COC(=O)c1cc(-n2c(=O)cc(F)n3ccnc23)ccc1Cl. The Balaban J connectivity index is 2.31. The number of hydrogen-bond acceptors (Lipinski definition) is 4. The molecule has 1 aromatic carbocycles. The van der Waals surface area contributed by atoms with Crippen molar-refractivity contribution in [1.82, 2.24) is 14.0 Å². The first-order valence-corrected chi connectivity index (χ1v) is 6.53. The van der Waals surface area contributed by atoms with Crippen molar-refractivity contribution in [2.45, 2.75) is 0 Å². The van der Waals surface area contributed by atoms with Gasteiger partial charge in [-0.25, -0.2) is 14.3 Å². The number of aromatic nitrogens is 3. The Morgan fingerprint density at radius 1 is 1.36 bits per heavy atom. The van der Waals surface area contributed by atoms with Crippen LogP contribution in [0.1, 0.15) is 10.4 Å². The van der Waals surface area contributed by atoms with Gasteiger partial charge in [-0.1, -0.05) is 11.6 Å². The van der Waals surface area contributed by atoms with E-state index in [-0.39, 0.29) is 16.4 Å². The quantitative estimate of drug-likeness (QED) is 0.535. The largest absolute Gasteiger partial charge is 0.465 e. The number of rotatable bonds is 2. The van der Waals surface area contributed by atoms with Crippen LogP contribution in [0.4, 0.5) is 4.39 Å². The van der Waals surface area contributed by atoms with Crippen LogP contribution in [-0.4, -0.2) is 27.0 Å². The van der Waals surface area contributed by atoms with Crippen molar-refractivity contribution < 1.29 is 13.9 Å². The smallest absolute Gasteiger partial charge is 0.339 e. The molecule has 8 heteroatoms. The van der Waals surface area contributed by atoms with Gasteiger partial charge in [0.25, 0.3) is 5.56 Å². The summed E-state index contributed by atoms with van der Waals surface area (Å²) in [6.07, 6.45) is 2.75. The molecule has 0 unspecified atom stereocenters. The number of esters is 1. The fraction of sp³-hybridized carbons (Fsp3) is 0.0714. The Morgan fingerprint density at radius 2 is 2.14 bits per heavy atom. The van der Waals surface area contributed by atoms with Crippen molar-refractivity contribution in [3.8, 4) is 5.69 Å². The van der Waals surface area contributed by atoms with E-state index in [1.165, 1.54) is 42.3 Å². The van der Waals surface area contributed by atoms with E-state index in [0.29, 0.717) is 5.69 Å². The highest BCUT2D eigenvalue weighted by Crippen LogP contribution is 2.21. The predicted octanol–water partition coefficient (Wildman–Crippen LogP) is 2.06. The van der Waals surface area contributed by atoms with Crippen LogP contribution in [0.2, 0.25) is 5.02 Å². The summed E-state index contributed by atoms with van der Waals surface area (Å²) in [5.41, 5.74) is -0.192. The molecule has 0 N–H and O–H groups in total. The fourth-order valence-corrected chi connectivity index (χ4v) is 2.32. The lowest BCUT2D eigenvalue weighted by Crippen LogP contribution is -2.22. The van der Waals surface area contributed by atoms with Crippen LogP contribution in [0, 0.1) is 5.95 Å². The Kier molecular flexibility index (Phi) is 3.42. The number of fused-ring (bicyclic) bond motifs is 1. The molecule has 0 saturated heterocycles. The first-order valence-electron chi connectivity index (χ1n) is 6.16. The van der Waals surface area contributed by atoms with Crippen molar-refractivity contribution in [3.63, 3.8) is 0 Å². The lowest BCUT2D eigenvalue weighted by molar-refractivity contribution is 0.0601. The topological polar surface area (TPSA) is 65.6 Å². The molecule has 112 valence electrons. The number of benzene rings is 1. The maximum Gasteiger partial charge on any atom is 0.339 e. The van der Waals surface area contributed by atoms with Gasteiger partial charge in [-0.15, -0.1) is 0 Å². The number of hydrogen-bond donors (Lipinski definition) is 0. The van der Waals surface area contributed by atoms with E-state index in [0.717, 1.165) is 10.5 Å². The molecule has 0 aliphatic rings. The van der Waals surface area contributed by atoms with E-state index in [1.807, 2.05) is 0 Å². The maximum atomic E-state index is 13.7. The minimum Gasteiger partial charge on any atom is -0.465 e. The third kappa shape index (κ3) is 2.15. The van der Waals surface area contributed by atoms with Gasteiger partial charge in [0.2, 0.25) is 11.7 Å². The third-order valence-electron chi connectivity index (χ3n) is 3.13. The molecule has 0 radical (unpaired) electrons. The zero-order valence-electron chi connectivity index (χ0n) is 11.3. The lowest BCUT2D eigenvalue weighted by atomic mass is 10.2. The third-order valence-corrected chi connectivity index (χ3v) is 3.46. The molecule has 0 fully saturated rings. The van der Waals surface area contributed by atoms with E-state index in [4.69, 9.17) is 11.6 Å². The monoisotopic (exact) mass is 321 g/mol. The van der Waals surface area contributed by atoms with Crippen LogP contribution in [0.25, 0.3) is 11.5 Å². The Hall–Kier alpha value is -2.67. The highest BCUT2D eigenvalue weighted by molar-refractivity contribution is 6.33. The number of methoxy groups -OCH3 is 1. The van der Waals surface area contributed by atoms with Crippen LogP contribution < -0.4 is 5.56 Å². The number of imidazole rings is 1. The van der Waals surface area contributed by atoms with Crippen LogP contribution >= 0.6 is 11.6 Å². The molecule has 2 aromatic heterocycles. The Labute approximate surface area is 128 Å². The van der Waals surface area contributed by atoms with Crippen molar-refractivity contribution in [3.05, 3.63) is 63.5 Å². The molecule has 0 saturated carbocycles. The molecule has 3 aromatic rings. The molecule has 0 aliphatic heterocycles. The van der Waals surface area contributed by atoms with Crippen LogP contribution in [0.3, 0.4) is 0 Å². The van der Waals surface area contributed by atoms with Gasteiger partial charge in [0.15, 0.2) is 0 Å². The average molecular weight is 322 g/mol. The van der Waals surface area contributed by atoms with Gasteiger partial charge in [0, 0.05) is 12.4 Å². The minimum absolute atomic E-state index is 0.0862. The van der Waals surface area contributed by atoms with Crippen LogP contribution in [0.15, 0.2) is 41.5 Å². The molecule has 0 spiro atoms. The van der Waals surface area contributed by atoms with Gasteiger partial charge >= 0.3 is 5.97 Å². The van der Waals surface area contributed by atoms with Crippen molar-refractivity contribution in [2.24, 2.45) is 0 Å². The van der Waals surface area contributed by atoms with Crippen molar-refractivity contribution in [1.29, 1.82) is 0 Å². The highest BCUT2D eigenvalue weighted by Gasteiger charge is 2.15. The van der Waals surface area contributed by atoms with E-state index >= 15 is 0 Å². The van der Waals surface area contributed by atoms with Crippen molar-refractivity contribution in [2.75, 3.05) is 7.11 Å². The number of carbonyl (C=O) groups excluding carboxylic acids is 1. The molecule has 0 amide bonds. The number of carbonyl (C=O) groups is 1. The summed E-state index contributed by atoms with van der Waals surface area (Å²) < 4.78 is 20.6. The summed E-state index contributed by atoms with van der Waals surface area (Å²) in [6.45, 7) is 0. The second-order valence-electron chi connectivity index (χ2n) is 4.39. The van der Waals surface area contributed by atoms with Gasteiger partial charge in [-0.2, -0.15) is 4.39 Å². The minimum atomic E-state index is -0.726. The molecule has 2 heterocycles. The fourth-order valence-electron chi connectivity index (χ4n) is 2.12. The predicted molar refractivity (Wildman–Crippen MR) is 77.1 cm³/mol. The number of ether oxygens (including phenoxy) is 1. The van der Waals surface area contributed by atoms with E-state index in [2.05, 4.69) is 9.72 Å². The summed E-state index contributed by atoms with van der Waals surface area (Å²) in [6, 6.07) is 5.21. The molecule has 0 aliphatic carbocycles. The van der Waals surface area contributed by atoms with Gasteiger partial charge in [0.1, 0.15) is 0 Å². The molecule has 6 nitrogen and oxygen atoms in total. The molecule has 3 rings (SSSR count). The van der Waals surface area contributed by atoms with Gasteiger partial charge in [0.05, 0.1) is 29.4 Å². The lowest BCUT2D eigenvalue weighted by Gasteiger charge is -2.10. The first kappa shape index (κ1) is 14.3. The number of nitrogens with zero attached hydrogens (tertiary/aromatic N) is 3. The van der Waals surface area contributed by atoms with Crippen LogP contribution in [-0.2, 0) is 4.74 Å². The molecular weight excluding hydrogens is 313 g/mol. The second kappa shape index (κ2) is 5.27. The summed E-state index contributed by atoms with van der Waals surface area (Å²) in [5, 5.41) is 0.185. The van der Waals surface area contributed by atoms with Gasteiger partial charge in [-0.3, -0.25) is 9.20 Å². The van der Waals surface area contributed by atoms with Crippen LogP contribution in [0.5, 0.6) is 0 Å². The molecular formula is C14H9ClFN3O3. The van der Waals surface area contributed by atoms with E-state index in [1.54, 1.807) is 0 Å². The van der Waals surface area contributed by atoms with Gasteiger partial charge < -0.3 is 4.74 Å². The maximum absolute atomic E-state index is 13.7. The zero-order chi connectivity index (χ0) is 15.9. The number of halogens is 2. The second-order valence-corrected chi connectivity index (χ2v) is 4.80. The van der Waals surface area contributed by atoms with Gasteiger partial charge in [-0.05, 0) is 18.2 Å². The summed E-state index contributed by atoms with van der Waals surface area (Å²) in [4.78, 5) is 27.8. The first-order chi connectivity index (χ1) is 10.5. The van der Waals surface area contributed by atoms with E-state index in [9.17, 15) is 14.0 Å².